The molecule has 0 aliphatic carbocycles. The van der Waals surface area contributed by atoms with E-state index in [1.54, 1.807) is 6.08 Å². The molecule has 0 rings (SSSR count). The minimum atomic E-state index is -3.52. The Labute approximate surface area is 160 Å². The van der Waals surface area contributed by atoms with E-state index in [0.29, 0.717) is 12.8 Å². The summed E-state index contributed by atoms with van der Waals surface area (Å²) in [5.41, 5.74) is 0. The maximum Gasteiger partial charge on any atom is 0.305 e. The lowest BCUT2D eigenvalue weighted by Gasteiger charge is -2.12. The molecule has 5 nitrogen and oxygen atoms in total. The number of hydrogen-bond donors (Lipinski definition) is 0. The van der Waals surface area contributed by atoms with Crippen LogP contribution in [0.25, 0.3) is 0 Å². The zero-order valence-electron chi connectivity index (χ0n) is 16.9. The average Bonchev–Trinajstić information content (AvgIpc) is 2.64. The van der Waals surface area contributed by atoms with Gasteiger partial charge < -0.3 is 4.74 Å². The van der Waals surface area contributed by atoms with Crippen molar-refractivity contribution in [2.45, 2.75) is 95.6 Å². The summed E-state index contributed by atoms with van der Waals surface area (Å²) in [4.78, 5) is 11.0. The van der Waals surface area contributed by atoms with Crippen LogP contribution in [-0.4, -0.2) is 33.9 Å². The average molecular weight is 391 g/mol. The normalized spacial score (nSPS) is 13.2. The van der Waals surface area contributed by atoms with Crippen molar-refractivity contribution in [3.63, 3.8) is 0 Å². The van der Waals surface area contributed by atoms with Crippen LogP contribution in [0.2, 0.25) is 0 Å². The first kappa shape index (κ1) is 25.1. The Balaban J connectivity index is 4.07. The monoisotopic (exact) mass is 390 g/mol. The second-order valence-corrected chi connectivity index (χ2v) is 8.64. The molecule has 0 aromatic rings. The van der Waals surface area contributed by atoms with Crippen LogP contribution in [0, 0.1) is 0 Å². The van der Waals surface area contributed by atoms with E-state index in [2.05, 4.69) is 11.7 Å². The second kappa shape index (κ2) is 16.3. The van der Waals surface area contributed by atoms with Gasteiger partial charge in [0.1, 0.15) is 5.25 Å². The van der Waals surface area contributed by atoms with Gasteiger partial charge in [0.25, 0.3) is 10.1 Å². The summed E-state index contributed by atoms with van der Waals surface area (Å²) in [6.07, 6.45) is 16.4. The van der Waals surface area contributed by atoms with Crippen LogP contribution in [0.3, 0.4) is 0 Å². The Morgan fingerprint density at radius 2 is 1.54 bits per heavy atom. The van der Waals surface area contributed by atoms with Crippen molar-refractivity contribution in [2.75, 3.05) is 14.2 Å². The van der Waals surface area contributed by atoms with Crippen molar-refractivity contribution in [2.24, 2.45) is 0 Å². The molecule has 1 unspecified atom stereocenters. The van der Waals surface area contributed by atoms with Crippen LogP contribution in [0.15, 0.2) is 12.2 Å². The standard InChI is InChI=1S/C20H38O5S/c1-4-5-6-7-8-10-13-16-19(26(22,23)25-3)17-14-11-9-12-15-18-20(21)24-2/h13,16,19H,4-12,14-15,17-18H2,1-3H3/b16-13+. The maximum absolute atomic E-state index is 12.1. The molecule has 0 aromatic carbocycles. The van der Waals surface area contributed by atoms with E-state index < -0.39 is 15.4 Å². The fourth-order valence-corrected chi connectivity index (χ4v) is 3.83. The first-order valence-electron chi connectivity index (χ1n) is 10.0. The maximum atomic E-state index is 12.1. The summed E-state index contributed by atoms with van der Waals surface area (Å²) in [6, 6.07) is 0. The molecule has 1 atom stereocenters. The molecule has 0 bridgehead atoms. The number of carbonyl (C=O) groups excluding carboxylic acids is 1. The van der Waals surface area contributed by atoms with E-state index in [4.69, 9.17) is 4.18 Å². The van der Waals surface area contributed by atoms with Gasteiger partial charge in [0.2, 0.25) is 0 Å². The van der Waals surface area contributed by atoms with Gasteiger partial charge in [-0.3, -0.25) is 8.98 Å². The first-order chi connectivity index (χ1) is 12.5. The van der Waals surface area contributed by atoms with E-state index in [0.717, 1.165) is 44.9 Å². The van der Waals surface area contributed by atoms with Gasteiger partial charge in [0, 0.05) is 6.42 Å². The minimum Gasteiger partial charge on any atom is -0.469 e. The van der Waals surface area contributed by atoms with Crippen LogP contribution in [-0.2, 0) is 23.8 Å². The van der Waals surface area contributed by atoms with E-state index >= 15 is 0 Å². The Bertz CT molecular complexity index is 471. The molecule has 0 radical (unpaired) electrons. The third kappa shape index (κ3) is 13.3. The number of unbranched alkanes of at least 4 members (excludes halogenated alkanes) is 9. The molecule has 26 heavy (non-hydrogen) atoms. The first-order valence-corrected chi connectivity index (χ1v) is 11.5. The van der Waals surface area contributed by atoms with Crippen molar-refractivity contribution in [3.8, 4) is 0 Å². The van der Waals surface area contributed by atoms with Crippen molar-refractivity contribution in [1.29, 1.82) is 0 Å². The highest BCUT2D eigenvalue weighted by atomic mass is 32.2. The summed E-state index contributed by atoms with van der Waals surface area (Å²) >= 11 is 0. The van der Waals surface area contributed by atoms with Crippen molar-refractivity contribution in [1.82, 2.24) is 0 Å². The highest BCUT2D eigenvalue weighted by Crippen LogP contribution is 2.17. The van der Waals surface area contributed by atoms with Gasteiger partial charge in [-0.05, 0) is 25.7 Å². The Kier molecular flexibility index (Phi) is 15.8. The molecule has 0 saturated heterocycles. The number of allylic oxidation sites excluding steroid dienone is 1. The lowest BCUT2D eigenvalue weighted by Crippen LogP contribution is -2.20. The molecular formula is C20H38O5S. The van der Waals surface area contributed by atoms with Gasteiger partial charge in [-0.15, -0.1) is 0 Å². The van der Waals surface area contributed by atoms with Gasteiger partial charge in [0.05, 0.1) is 14.2 Å². The topological polar surface area (TPSA) is 69.7 Å². The minimum absolute atomic E-state index is 0.170. The molecule has 0 fully saturated rings. The molecular weight excluding hydrogens is 352 g/mol. The Morgan fingerprint density at radius 3 is 2.19 bits per heavy atom. The number of methoxy groups -OCH3 is 1. The lowest BCUT2D eigenvalue weighted by molar-refractivity contribution is -0.140. The molecule has 0 N–H and O–H groups in total. The predicted octanol–water partition coefficient (Wildman–Crippen LogP) is 5.15. The molecule has 0 amide bonds. The fourth-order valence-electron chi connectivity index (χ4n) is 2.82. The highest BCUT2D eigenvalue weighted by Gasteiger charge is 2.21. The zero-order chi connectivity index (χ0) is 19.7. The van der Waals surface area contributed by atoms with Gasteiger partial charge in [-0.25, -0.2) is 0 Å². The smallest absolute Gasteiger partial charge is 0.305 e. The summed E-state index contributed by atoms with van der Waals surface area (Å²) in [7, 11) is -0.892. The molecule has 0 saturated carbocycles. The van der Waals surface area contributed by atoms with Gasteiger partial charge in [-0.2, -0.15) is 8.42 Å². The third-order valence-corrected chi connectivity index (χ3v) is 6.12. The van der Waals surface area contributed by atoms with E-state index in [1.165, 1.54) is 39.9 Å². The zero-order valence-corrected chi connectivity index (χ0v) is 17.7. The summed E-state index contributed by atoms with van der Waals surface area (Å²) in [6.45, 7) is 2.19. The van der Waals surface area contributed by atoms with Crippen molar-refractivity contribution < 1.29 is 22.1 Å². The van der Waals surface area contributed by atoms with Crippen LogP contribution in [0.1, 0.15) is 90.4 Å². The highest BCUT2D eigenvalue weighted by molar-refractivity contribution is 7.87. The van der Waals surface area contributed by atoms with Crippen LogP contribution in [0.5, 0.6) is 0 Å². The van der Waals surface area contributed by atoms with Crippen LogP contribution in [0.4, 0.5) is 0 Å². The summed E-state index contributed by atoms with van der Waals surface area (Å²) < 4.78 is 33.4. The van der Waals surface area contributed by atoms with E-state index in [9.17, 15) is 13.2 Å². The van der Waals surface area contributed by atoms with E-state index in [-0.39, 0.29) is 5.97 Å². The predicted molar refractivity (Wildman–Crippen MR) is 107 cm³/mol. The number of ether oxygens (including phenoxy) is 1. The molecule has 0 heterocycles. The Morgan fingerprint density at radius 1 is 0.923 bits per heavy atom. The second-order valence-electron chi connectivity index (χ2n) is 6.71. The largest absolute Gasteiger partial charge is 0.469 e. The van der Waals surface area contributed by atoms with Crippen LogP contribution >= 0.6 is 0 Å². The fraction of sp³-hybridized carbons (Fsp3) is 0.850. The Hall–Kier alpha value is -0.880. The molecule has 154 valence electrons. The van der Waals surface area contributed by atoms with Gasteiger partial charge in [0.15, 0.2) is 0 Å². The number of carbonyl (C=O) groups is 1. The van der Waals surface area contributed by atoms with Crippen LogP contribution < -0.4 is 0 Å². The SMILES string of the molecule is CCCCCCC/C=C/C(CCCCCCCC(=O)OC)S(=O)(=O)OC. The molecule has 0 spiro atoms. The summed E-state index contributed by atoms with van der Waals surface area (Å²) in [5.74, 6) is -0.170. The number of hydrogen-bond acceptors (Lipinski definition) is 5. The van der Waals surface area contributed by atoms with Crippen molar-refractivity contribution in [3.05, 3.63) is 12.2 Å². The van der Waals surface area contributed by atoms with Crippen molar-refractivity contribution >= 4 is 16.1 Å². The third-order valence-electron chi connectivity index (χ3n) is 4.53. The quantitative estimate of drug-likeness (QED) is 0.149. The summed E-state index contributed by atoms with van der Waals surface area (Å²) in [5, 5.41) is -0.557. The number of esters is 1. The molecule has 0 aromatic heterocycles. The molecule has 0 aliphatic heterocycles. The lowest BCUT2D eigenvalue weighted by atomic mass is 10.1. The van der Waals surface area contributed by atoms with Gasteiger partial charge >= 0.3 is 5.97 Å². The van der Waals surface area contributed by atoms with E-state index in [1.807, 2.05) is 6.08 Å². The van der Waals surface area contributed by atoms with Gasteiger partial charge in [-0.1, -0.05) is 70.4 Å². The molecule has 6 heteroatoms. The molecule has 0 aliphatic rings. The number of rotatable bonds is 17.